The highest BCUT2D eigenvalue weighted by Crippen LogP contribution is 2.25. The third-order valence-electron chi connectivity index (χ3n) is 4.01. The number of aryl methyl sites for hydroxylation is 2. The van der Waals surface area contributed by atoms with Crippen molar-refractivity contribution in [1.82, 2.24) is 24.5 Å². The molecule has 1 N–H and O–H groups in total. The molecule has 1 aromatic carbocycles. The van der Waals surface area contributed by atoms with Crippen LogP contribution in [0.15, 0.2) is 60.0 Å². The Morgan fingerprint density at radius 1 is 1.12 bits per heavy atom. The minimum atomic E-state index is -3.80. The van der Waals surface area contributed by atoms with E-state index in [4.69, 9.17) is 0 Å². The Morgan fingerprint density at radius 3 is 2.77 bits per heavy atom. The summed E-state index contributed by atoms with van der Waals surface area (Å²) < 4.78 is 31.2. The van der Waals surface area contributed by atoms with E-state index in [1.807, 2.05) is 25.1 Å². The van der Waals surface area contributed by atoms with Gasteiger partial charge in [0, 0.05) is 18.6 Å². The summed E-state index contributed by atoms with van der Waals surface area (Å²) in [5.41, 5.74) is 2.18. The SMILES string of the molecule is Cc1ccnc(-n2cc(S(=O)(=O)Nc3cccc4cnn(C)c34)cn2)c1. The Morgan fingerprint density at radius 2 is 1.96 bits per heavy atom. The van der Waals surface area contributed by atoms with Crippen LogP contribution in [-0.4, -0.2) is 33.0 Å². The number of hydrogen-bond acceptors (Lipinski definition) is 5. The van der Waals surface area contributed by atoms with Crippen molar-refractivity contribution in [2.45, 2.75) is 11.8 Å². The Balaban J connectivity index is 1.70. The van der Waals surface area contributed by atoms with E-state index in [0.717, 1.165) is 10.9 Å². The van der Waals surface area contributed by atoms with Crippen LogP contribution in [-0.2, 0) is 17.1 Å². The molecule has 0 fully saturated rings. The summed E-state index contributed by atoms with van der Waals surface area (Å²) in [6.45, 7) is 1.93. The lowest BCUT2D eigenvalue weighted by Crippen LogP contribution is -2.13. The molecule has 26 heavy (non-hydrogen) atoms. The number of para-hydroxylation sites is 1. The van der Waals surface area contributed by atoms with E-state index in [1.54, 1.807) is 36.3 Å². The number of nitrogens with one attached hydrogen (secondary N) is 1. The molecule has 0 amide bonds. The smallest absolute Gasteiger partial charge is 0.265 e. The molecule has 0 unspecified atom stereocenters. The van der Waals surface area contributed by atoms with Gasteiger partial charge in [0.05, 0.1) is 29.8 Å². The molecule has 0 radical (unpaired) electrons. The molecule has 8 nitrogen and oxygen atoms in total. The fraction of sp³-hybridized carbons (Fsp3) is 0.118. The van der Waals surface area contributed by atoms with Gasteiger partial charge in [-0.25, -0.2) is 18.1 Å². The highest BCUT2D eigenvalue weighted by Gasteiger charge is 2.19. The quantitative estimate of drug-likeness (QED) is 0.596. The number of anilines is 1. The topological polar surface area (TPSA) is 94.7 Å². The van der Waals surface area contributed by atoms with Crippen LogP contribution in [0.5, 0.6) is 0 Å². The number of pyridine rings is 1. The summed E-state index contributed by atoms with van der Waals surface area (Å²) in [5, 5.41) is 9.15. The summed E-state index contributed by atoms with van der Waals surface area (Å²) in [5.74, 6) is 0.556. The zero-order chi connectivity index (χ0) is 18.3. The van der Waals surface area contributed by atoms with Crippen molar-refractivity contribution in [3.05, 3.63) is 60.7 Å². The second kappa shape index (κ2) is 5.95. The Hall–Kier alpha value is -3.20. The normalized spacial score (nSPS) is 11.8. The van der Waals surface area contributed by atoms with Gasteiger partial charge in [0.2, 0.25) is 0 Å². The van der Waals surface area contributed by atoms with E-state index in [2.05, 4.69) is 19.9 Å². The fourth-order valence-electron chi connectivity index (χ4n) is 2.74. The zero-order valence-corrected chi connectivity index (χ0v) is 15.0. The second-order valence-electron chi connectivity index (χ2n) is 5.93. The number of fused-ring (bicyclic) bond motifs is 1. The van der Waals surface area contributed by atoms with Gasteiger partial charge in [0.1, 0.15) is 4.90 Å². The minimum absolute atomic E-state index is 0.0555. The van der Waals surface area contributed by atoms with Crippen molar-refractivity contribution in [3.63, 3.8) is 0 Å². The van der Waals surface area contributed by atoms with Crippen molar-refractivity contribution in [2.75, 3.05) is 4.72 Å². The molecule has 0 atom stereocenters. The maximum Gasteiger partial charge on any atom is 0.265 e. The van der Waals surface area contributed by atoms with Gasteiger partial charge >= 0.3 is 0 Å². The second-order valence-corrected chi connectivity index (χ2v) is 7.61. The molecule has 4 rings (SSSR count). The van der Waals surface area contributed by atoms with E-state index in [0.29, 0.717) is 17.0 Å². The van der Waals surface area contributed by atoms with Gasteiger partial charge < -0.3 is 0 Å². The average molecular weight is 368 g/mol. The highest BCUT2D eigenvalue weighted by atomic mass is 32.2. The lowest BCUT2D eigenvalue weighted by atomic mass is 10.2. The van der Waals surface area contributed by atoms with Crippen LogP contribution in [0.3, 0.4) is 0 Å². The first-order valence-electron chi connectivity index (χ1n) is 7.85. The van der Waals surface area contributed by atoms with Crippen molar-refractivity contribution < 1.29 is 8.42 Å². The summed E-state index contributed by atoms with van der Waals surface area (Å²) >= 11 is 0. The number of benzene rings is 1. The number of hydrogen-bond donors (Lipinski definition) is 1. The molecule has 0 aliphatic heterocycles. The molecule has 132 valence electrons. The van der Waals surface area contributed by atoms with Crippen LogP contribution >= 0.6 is 0 Å². The number of nitrogens with zero attached hydrogens (tertiary/aromatic N) is 5. The van der Waals surface area contributed by atoms with Crippen LogP contribution in [0, 0.1) is 6.92 Å². The van der Waals surface area contributed by atoms with Gasteiger partial charge in [-0.05, 0) is 30.7 Å². The van der Waals surface area contributed by atoms with Crippen LogP contribution in [0.1, 0.15) is 5.56 Å². The zero-order valence-electron chi connectivity index (χ0n) is 14.2. The molecule has 0 spiro atoms. The van der Waals surface area contributed by atoms with E-state index < -0.39 is 10.0 Å². The van der Waals surface area contributed by atoms with Gasteiger partial charge in [0.25, 0.3) is 10.0 Å². The molecule has 9 heteroatoms. The molecule has 0 aliphatic rings. The number of sulfonamides is 1. The molecule has 3 aromatic heterocycles. The third kappa shape index (κ3) is 2.82. The monoisotopic (exact) mass is 368 g/mol. The van der Waals surface area contributed by atoms with E-state index in [9.17, 15) is 8.42 Å². The number of aromatic nitrogens is 5. The lowest BCUT2D eigenvalue weighted by Gasteiger charge is -2.08. The molecular formula is C17H16N6O2S. The van der Waals surface area contributed by atoms with E-state index in [-0.39, 0.29) is 4.90 Å². The van der Waals surface area contributed by atoms with Crippen molar-refractivity contribution in [1.29, 1.82) is 0 Å². The molecule has 0 saturated carbocycles. The average Bonchev–Trinajstić information content (AvgIpc) is 3.23. The summed E-state index contributed by atoms with van der Waals surface area (Å²) in [4.78, 5) is 4.26. The van der Waals surface area contributed by atoms with Crippen LogP contribution in [0.25, 0.3) is 16.7 Å². The molecular weight excluding hydrogens is 352 g/mol. The summed E-state index contributed by atoms with van der Waals surface area (Å²) in [6.07, 6.45) is 6.08. The van der Waals surface area contributed by atoms with Gasteiger partial charge in [-0.2, -0.15) is 10.2 Å². The molecule has 0 aliphatic carbocycles. The predicted molar refractivity (Wildman–Crippen MR) is 97.6 cm³/mol. The Labute approximate surface area is 150 Å². The Kier molecular flexibility index (Phi) is 3.73. The Bertz CT molecular complexity index is 1210. The lowest BCUT2D eigenvalue weighted by molar-refractivity contribution is 0.601. The van der Waals surface area contributed by atoms with Gasteiger partial charge in [-0.1, -0.05) is 12.1 Å². The first-order valence-corrected chi connectivity index (χ1v) is 9.33. The van der Waals surface area contributed by atoms with E-state index >= 15 is 0 Å². The molecule has 4 aromatic rings. The standard InChI is InChI=1S/C17H16N6O2S/c1-12-6-7-18-16(8-12)23-11-14(10-20-23)26(24,25)21-15-5-3-4-13-9-19-22(2)17(13)15/h3-11,21H,1-2H3. The highest BCUT2D eigenvalue weighted by molar-refractivity contribution is 7.92. The molecule has 0 bridgehead atoms. The molecule has 0 saturated heterocycles. The molecule has 3 heterocycles. The van der Waals surface area contributed by atoms with Gasteiger partial charge in [-0.3, -0.25) is 9.40 Å². The maximum absolute atomic E-state index is 12.8. The van der Waals surface area contributed by atoms with Crippen molar-refractivity contribution in [3.8, 4) is 5.82 Å². The third-order valence-corrected chi connectivity index (χ3v) is 5.33. The van der Waals surface area contributed by atoms with Crippen LogP contribution in [0.2, 0.25) is 0 Å². The summed E-state index contributed by atoms with van der Waals surface area (Å²) in [7, 11) is -2.03. The largest absolute Gasteiger partial charge is 0.277 e. The summed E-state index contributed by atoms with van der Waals surface area (Å²) in [6, 6.07) is 9.05. The maximum atomic E-state index is 12.8. The van der Waals surface area contributed by atoms with Crippen LogP contribution < -0.4 is 4.72 Å². The fourth-order valence-corrected chi connectivity index (χ4v) is 3.73. The van der Waals surface area contributed by atoms with Gasteiger partial charge in [0.15, 0.2) is 5.82 Å². The predicted octanol–water partition coefficient (Wildman–Crippen LogP) is 2.26. The number of rotatable bonds is 4. The van der Waals surface area contributed by atoms with E-state index in [1.165, 1.54) is 17.1 Å². The van der Waals surface area contributed by atoms with Gasteiger partial charge in [-0.15, -0.1) is 0 Å². The van der Waals surface area contributed by atoms with Crippen molar-refractivity contribution >= 4 is 26.6 Å². The minimum Gasteiger partial charge on any atom is -0.277 e. The first kappa shape index (κ1) is 16.3. The first-order chi connectivity index (χ1) is 12.4. The van der Waals surface area contributed by atoms with Crippen LogP contribution in [0.4, 0.5) is 5.69 Å². The van der Waals surface area contributed by atoms with Crippen molar-refractivity contribution in [2.24, 2.45) is 7.05 Å².